The Balaban J connectivity index is 2.94. The Bertz CT molecular complexity index is 446. The van der Waals surface area contributed by atoms with Crippen LogP contribution < -0.4 is 4.74 Å². The smallest absolute Gasteiger partial charge is 0.123 e. The van der Waals surface area contributed by atoms with Crippen LogP contribution in [0.15, 0.2) is 18.2 Å². The van der Waals surface area contributed by atoms with Gasteiger partial charge in [0.25, 0.3) is 0 Å². The summed E-state index contributed by atoms with van der Waals surface area (Å²) in [5.74, 6) is 6.50. The molecule has 0 amide bonds. The molecule has 19 heavy (non-hydrogen) atoms. The van der Waals surface area contributed by atoms with Crippen LogP contribution in [-0.4, -0.2) is 36.8 Å². The fourth-order valence-electron chi connectivity index (χ4n) is 2.03. The number of ether oxygens (including phenoxy) is 1. The zero-order chi connectivity index (χ0) is 14.1. The number of aliphatic hydroxyl groups is 1. The van der Waals surface area contributed by atoms with Gasteiger partial charge in [0.15, 0.2) is 0 Å². The van der Waals surface area contributed by atoms with Gasteiger partial charge in [0.2, 0.25) is 0 Å². The maximum absolute atomic E-state index is 8.74. The highest BCUT2D eigenvalue weighted by Crippen LogP contribution is 2.21. The van der Waals surface area contributed by atoms with Crippen molar-refractivity contribution in [3.05, 3.63) is 29.3 Å². The van der Waals surface area contributed by atoms with Gasteiger partial charge >= 0.3 is 0 Å². The van der Waals surface area contributed by atoms with Crippen molar-refractivity contribution in [3.8, 4) is 17.6 Å². The Morgan fingerprint density at radius 3 is 2.68 bits per heavy atom. The van der Waals surface area contributed by atoms with Crippen LogP contribution in [0.4, 0.5) is 0 Å². The number of methoxy groups -OCH3 is 1. The number of hydrogen-bond acceptors (Lipinski definition) is 3. The van der Waals surface area contributed by atoms with Crippen LogP contribution in [0.25, 0.3) is 0 Å². The lowest BCUT2D eigenvalue weighted by Crippen LogP contribution is -2.23. The maximum atomic E-state index is 8.74. The van der Waals surface area contributed by atoms with E-state index in [1.807, 2.05) is 18.2 Å². The van der Waals surface area contributed by atoms with E-state index in [0.717, 1.165) is 42.9 Å². The van der Waals surface area contributed by atoms with E-state index in [2.05, 4.69) is 30.6 Å². The van der Waals surface area contributed by atoms with E-state index >= 15 is 0 Å². The topological polar surface area (TPSA) is 32.7 Å². The third-order valence-corrected chi connectivity index (χ3v) is 2.97. The summed E-state index contributed by atoms with van der Waals surface area (Å²) in [4.78, 5) is 2.38. The van der Waals surface area contributed by atoms with E-state index in [9.17, 15) is 0 Å². The van der Waals surface area contributed by atoms with Gasteiger partial charge in [-0.05, 0) is 37.7 Å². The molecule has 3 nitrogen and oxygen atoms in total. The predicted octanol–water partition coefficient (Wildman–Crippen LogP) is 2.27. The first-order chi connectivity index (χ1) is 9.24. The molecule has 0 saturated carbocycles. The normalized spacial score (nSPS) is 10.2. The van der Waals surface area contributed by atoms with Crippen LogP contribution in [0.1, 0.15) is 31.4 Å². The molecule has 0 saturated heterocycles. The highest BCUT2D eigenvalue weighted by atomic mass is 16.5. The zero-order valence-electron chi connectivity index (χ0n) is 12.1. The summed E-state index contributed by atoms with van der Waals surface area (Å²) < 4.78 is 5.40. The van der Waals surface area contributed by atoms with Gasteiger partial charge in [-0.3, -0.25) is 4.90 Å². The SMILES string of the molecule is CCCN(CC)Cc1cc(C#CCO)ccc1OC. The Morgan fingerprint density at radius 1 is 1.32 bits per heavy atom. The van der Waals surface area contributed by atoms with Crippen LogP contribution >= 0.6 is 0 Å². The first kappa shape index (κ1) is 15.6. The summed E-state index contributed by atoms with van der Waals surface area (Å²) in [5, 5.41) is 8.74. The molecular weight excluding hydrogens is 238 g/mol. The molecule has 0 aliphatic carbocycles. The van der Waals surface area contributed by atoms with Crippen LogP contribution in [0, 0.1) is 11.8 Å². The van der Waals surface area contributed by atoms with Gasteiger partial charge in [0, 0.05) is 17.7 Å². The second kappa shape index (κ2) is 8.58. The van der Waals surface area contributed by atoms with E-state index in [4.69, 9.17) is 9.84 Å². The molecule has 0 aliphatic rings. The van der Waals surface area contributed by atoms with Crippen molar-refractivity contribution in [2.24, 2.45) is 0 Å². The van der Waals surface area contributed by atoms with Gasteiger partial charge in [-0.25, -0.2) is 0 Å². The van der Waals surface area contributed by atoms with Gasteiger partial charge in [-0.2, -0.15) is 0 Å². The number of hydrogen-bond donors (Lipinski definition) is 1. The molecule has 0 radical (unpaired) electrons. The molecule has 0 aliphatic heterocycles. The molecular formula is C16H23NO2. The van der Waals surface area contributed by atoms with Crippen LogP contribution in [0.2, 0.25) is 0 Å². The molecule has 0 atom stereocenters. The summed E-state index contributed by atoms with van der Waals surface area (Å²) in [5.41, 5.74) is 2.06. The second-order valence-electron chi connectivity index (χ2n) is 4.36. The van der Waals surface area contributed by atoms with Crippen molar-refractivity contribution in [1.82, 2.24) is 4.90 Å². The van der Waals surface area contributed by atoms with Crippen molar-refractivity contribution >= 4 is 0 Å². The van der Waals surface area contributed by atoms with Crippen molar-refractivity contribution < 1.29 is 9.84 Å². The Hall–Kier alpha value is -1.50. The summed E-state index contributed by atoms with van der Waals surface area (Å²) in [7, 11) is 1.69. The third-order valence-electron chi connectivity index (χ3n) is 2.97. The van der Waals surface area contributed by atoms with Crippen molar-refractivity contribution in [2.45, 2.75) is 26.8 Å². The van der Waals surface area contributed by atoms with Crippen LogP contribution in [0.3, 0.4) is 0 Å². The quantitative estimate of drug-likeness (QED) is 0.797. The average molecular weight is 261 g/mol. The summed E-state index contributed by atoms with van der Waals surface area (Å²) in [6, 6.07) is 5.90. The van der Waals surface area contributed by atoms with Crippen molar-refractivity contribution in [1.29, 1.82) is 0 Å². The molecule has 0 spiro atoms. The minimum Gasteiger partial charge on any atom is -0.496 e. The van der Waals surface area contributed by atoms with Gasteiger partial charge in [-0.15, -0.1) is 0 Å². The van der Waals surface area contributed by atoms with Crippen LogP contribution in [0.5, 0.6) is 5.75 Å². The summed E-state index contributed by atoms with van der Waals surface area (Å²) in [6.45, 7) is 7.19. The Morgan fingerprint density at radius 2 is 2.11 bits per heavy atom. The van der Waals surface area contributed by atoms with E-state index in [1.54, 1.807) is 7.11 Å². The van der Waals surface area contributed by atoms with Gasteiger partial charge < -0.3 is 9.84 Å². The fraction of sp³-hybridized carbons (Fsp3) is 0.500. The first-order valence-electron chi connectivity index (χ1n) is 6.74. The molecule has 0 unspecified atom stereocenters. The van der Waals surface area contributed by atoms with E-state index in [0.29, 0.717) is 0 Å². The minimum atomic E-state index is -0.113. The molecule has 0 fully saturated rings. The number of benzene rings is 1. The molecule has 0 bridgehead atoms. The van der Waals surface area contributed by atoms with Gasteiger partial charge in [0.05, 0.1) is 7.11 Å². The zero-order valence-corrected chi connectivity index (χ0v) is 12.1. The minimum absolute atomic E-state index is 0.113. The molecule has 1 rings (SSSR count). The molecule has 1 aromatic carbocycles. The third kappa shape index (κ3) is 4.94. The first-order valence-corrected chi connectivity index (χ1v) is 6.74. The maximum Gasteiger partial charge on any atom is 0.123 e. The molecule has 104 valence electrons. The lowest BCUT2D eigenvalue weighted by molar-refractivity contribution is 0.275. The average Bonchev–Trinajstić information content (AvgIpc) is 2.44. The van der Waals surface area contributed by atoms with E-state index in [1.165, 1.54) is 0 Å². The van der Waals surface area contributed by atoms with Crippen LogP contribution in [-0.2, 0) is 6.54 Å². The number of rotatable bonds is 6. The second-order valence-corrected chi connectivity index (χ2v) is 4.36. The van der Waals surface area contributed by atoms with Crippen molar-refractivity contribution in [3.63, 3.8) is 0 Å². The fourth-order valence-corrected chi connectivity index (χ4v) is 2.03. The number of aliphatic hydroxyl groups excluding tert-OH is 1. The standard InChI is InChI=1S/C16H23NO2/c1-4-10-17(5-2)13-15-12-14(7-6-11-18)8-9-16(15)19-3/h8-9,12,18H,4-5,10-11,13H2,1-3H3. The van der Waals surface area contributed by atoms with E-state index < -0.39 is 0 Å². The predicted molar refractivity (Wildman–Crippen MR) is 78.2 cm³/mol. The monoisotopic (exact) mass is 261 g/mol. The Kier molecular flexibility index (Phi) is 7.02. The van der Waals surface area contributed by atoms with Gasteiger partial charge in [-0.1, -0.05) is 25.7 Å². The molecule has 1 aromatic rings. The molecule has 1 N–H and O–H groups in total. The number of nitrogens with zero attached hydrogens (tertiary/aromatic N) is 1. The summed E-state index contributed by atoms with van der Waals surface area (Å²) >= 11 is 0. The molecule has 3 heteroatoms. The van der Waals surface area contributed by atoms with E-state index in [-0.39, 0.29) is 6.61 Å². The molecule has 0 aromatic heterocycles. The highest BCUT2D eigenvalue weighted by molar-refractivity contribution is 5.44. The van der Waals surface area contributed by atoms with Gasteiger partial charge in [0.1, 0.15) is 12.4 Å². The van der Waals surface area contributed by atoms with Crippen molar-refractivity contribution in [2.75, 3.05) is 26.8 Å². The lowest BCUT2D eigenvalue weighted by Gasteiger charge is -2.21. The highest BCUT2D eigenvalue weighted by Gasteiger charge is 2.08. The lowest BCUT2D eigenvalue weighted by atomic mass is 10.1. The summed E-state index contributed by atoms with van der Waals surface area (Å²) in [6.07, 6.45) is 1.14. The molecule has 0 heterocycles. The Labute approximate surface area is 116 Å². The largest absolute Gasteiger partial charge is 0.496 e.